The molecule has 0 saturated heterocycles. The van der Waals surface area contributed by atoms with Gasteiger partial charge < -0.3 is 30.4 Å². The fraction of sp³-hybridized carbons (Fsp3) is 0.276. The number of amides is 2. The van der Waals surface area contributed by atoms with Gasteiger partial charge in [-0.15, -0.1) is 0 Å². The molecule has 2 amide bonds. The lowest BCUT2D eigenvalue weighted by atomic mass is 10.1. The van der Waals surface area contributed by atoms with Gasteiger partial charge in [0.05, 0.1) is 31.1 Å². The Labute approximate surface area is 231 Å². The number of nitrogens with one attached hydrogen (secondary N) is 2. The van der Waals surface area contributed by atoms with Crippen LogP contribution in [0.25, 0.3) is 21.9 Å². The van der Waals surface area contributed by atoms with E-state index in [4.69, 9.17) is 20.2 Å². The highest BCUT2D eigenvalue weighted by atomic mass is 16.5. The zero-order valence-electron chi connectivity index (χ0n) is 22.5. The number of methoxy groups -OCH3 is 1. The number of esters is 1. The lowest BCUT2D eigenvalue weighted by Crippen LogP contribution is -2.31. The van der Waals surface area contributed by atoms with Crippen molar-refractivity contribution >= 4 is 45.7 Å². The summed E-state index contributed by atoms with van der Waals surface area (Å²) in [5.41, 5.74) is 10.8. The second-order valence-corrected chi connectivity index (χ2v) is 9.24. The van der Waals surface area contributed by atoms with Gasteiger partial charge in [0.25, 0.3) is 0 Å². The van der Waals surface area contributed by atoms with Crippen molar-refractivity contribution in [2.75, 3.05) is 26.0 Å². The monoisotopic (exact) mass is 544 g/mol. The van der Waals surface area contributed by atoms with Gasteiger partial charge in [-0.2, -0.15) is 0 Å². The average Bonchev–Trinajstić information content (AvgIpc) is 3.32. The Morgan fingerprint density at radius 2 is 1.75 bits per heavy atom. The van der Waals surface area contributed by atoms with Gasteiger partial charge in [0.2, 0.25) is 5.91 Å². The Morgan fingerprint density at radius 1 is 1.02 bits per heavy atom. The summed E-state index contributed by atoms with van der Waals surface area (Å²) < 4.78 is 12.0. The summed E-state index contributed by atoms with van der Waals surface area (Å²) in [5, 5.41) is 6.21. The number of para-hydroxylation sites is 1. The molecule has 4 N–H and O–H groups in total. The Hall–Kier alpha value is -4.93. The van der Waals surface area contributed by atoms with Crippen LogP contribution in [0.15, 0.2) is 60.7 Å². The minimum Gasteiger partial charge on any atom is -0.469 e. The van der Waals surface area contributed by atoms with E-state index in [9.17, 15) is 14.4 Å². The Morgan fingerprint density at radius 3 is 2.48 bits per heavy atom. The second-order valence-electron chi connectivity index (χ2n) is 9.24. The highest BCUT2D eigenvalue weighted by Crippen LogP contribution is 2.30. The molecule has 0 atom stereocenters. The number of pyridine rings is 1. The molecule has 0 aliphatic heterocycles. The third-order valence-corrected chi connectivity index (χ3v) is 6.28. The van der Waals surface area contributed by atoms with E-state index in [0.29, 0.717) is 35.7 Å². The number of anilines is 1. The summed E-state index contributed by atoms with van der Waals surface area (Å²) in [6, 6.07) is 15.5. The van der Waals surface area contributed by atoms with Crippen molar-refractivity contribution in [1.29, 1.82) is 0 Å². The predicted molar refractivity (Wildman–Crippen MR) is 151 cm³/mol. The standard InChI is InChI=1S/C29H32N6O5/c1-18(2)28(37)31-14-15-40-29(38)32-16-19-8-10-20(11-9-19)17-35-23(12-13-24(36)39-3)34-25-26(35)21-6-4-5-7-22(21)33-27(25)30/h4-11H,1,12-17H2,2-3H3,(H2,30,33)(H,31,37)(H,32,38). The van der Waals surface area contributed by atoms with Gasteiger partial charge in [-0.1, -0.05) is 49.0 Å². The number of hydrogen-bond acceptors (Lipinski definition) is 8. The number of carbonyl (C=O) groups excluding carboxylic acids is 3. The molecule has 0 unspecified atom stereocenters. The van der Waals surface area contributed by atoms with E-state index in [1.807, 2.05) is 48.5 Å². The number of nitrogens with zero attached hydrogens (tertiary/aromatic N) is 3. The molecule has 2 aromatic heterocycles. The van der Waals surface area contributed by atoms with Gasteiger partial charge in [0, 0.05) is 30.5 Å². The summed E-state index contributed by atoms with van der Waals surface area (Å²) in [7, 11) is 1.36. The van der Waals surface area contributed by atoms with Crippen LogP contribution in [-0.2, 0) is 38.6 Å². The molecule has 0 saturated carbocycles. The number of hydrogen-bond donors (Lipinski definition) is 3. The maximum atomic E-state index is 12.0. The second kappa shape index (κ2) is 12.7. The molecule has 40 heavy (non-hydrogen) atoms. The van der Waals surface area contributed by atoms with Crippen LogP contribution >= 0.6 is 0 Å². The largest absolute Gasteiger partial charge is 0.469 e. The van der Waals surface area contributed by atoms with Crippen molar-refractivity contribution in [3.63, 3.8) is 0 Å². The van der Waals surface area contributed by atoms with E-state index in [1.54, 1.807) is 6.92 Å². The first-order valence-corrected chi connectivity index (χ1v) is 12.8. The SMILES string of the molecule is C=C(C)C(=O)NCCOC(=O)NCc1ccc(Cn2c(CCC(=O)OC)nc3c(N)nc4ccccc4c32)cc1. The van der Waals surface area contributed by atoms with Gasteiger partial charge >= 0.3 is 12.1 Å². The Kier molecular flexibility index (Phi) is 8.95. The van der Waals surface area contributed by atoms with E-state index in [1.165, 1.54) is 7.11 Å². The predicted octanol–water partition coefficient (Wildman–Crippen LogP) is 3.24. The van der Waals surface area contributed by atoms with Crippen LogP contribution in [0.4, 0.5) is 10.6 Å². The molecular formula is C29H32N6O5. The summed E-state index contributed by atoms with van der Waals surface area (Å²) in [5.74, 6) is 0.440. The fourth-order valence-corrected chi connectivity index (χ4v) is 4.21. The van der Waals surface area contributed by atoms with Gasteiger partial charge in [-0.05, 0) is 24.1 Å². The molecule has 0 aliphatic carbocycles. The van der Waals surface area contributed by atoms with E-state index >= 15 is 0 Å². The molecule has 0 bridgehead atoms. The summed E-state index contributed by atoms with van der Waals surface area (Å²) in [4.78, 5) is 44.6. The first-order chi connectivity index (χ1) is 19.3. The highest BCUT2D eigenvalue weighted by molar-refractivity contribution is 6.06. The fourth-order valence-electron chi connectivity index (χ4n) is 4.21. The van der Waals surface area contributed by atoms with Crippen LogP contribution in [0.2, 0.25) is 0 Å². The number of benzene rings is 2. The molecule has 0 radical (unpaired) electrons. The van der Waals surface area contributed by atoms with Gasteiger partial charge in [0.15, 0.2) is 5.82 Å². The van der Waals surface area contributed by atoms with Gasteiger partial charge in [0.1, 0.15) is 17.9 Å². The molecule has 2 aromatic carbocycles. The van der Waals surface area contributed by atoms with Crippen molar-refractivity contribution in [3.05, 3.63) is 77.6 Å². The molecule has 0 aliphatic rings. The van der Waals surface area contributed by atoms with Gasteiger partial charge in [-0.25, -0.2) is 14.8 Å². The van der Waals surface area contributed by atoms with E-state index in [0.717, 1.165) is 27.5 Å². The average molecular weight is 545 g/mol. The molecule has 11 heteroatoms. The minimum atomic E-state index is -0.577. The summed E-state index contributed by atoms with van der Waals surface area (Å²) >= 11 is 0. The zero-order chi connectivity index (χ0) is 28.6. The van der Waals surface area contributed by atoms with Crippen molar-refractivity contribution < 1.29 is 23.9 Å². The molecule has 4 rings (SSSR count). The number of fused-ring (bicyclic) bond motifs is 3. The lowest BCUT2D eigenvalue weighted by Gasteiger charge is -2.12. The van der Waals surface area contributed by atoms with E-state index in [-0.39, 0.29) is 38.0 Å². The minimum absolute atomic E-state index is 0.0513. The number of nitrogen functional groups attached to an aromatic ring is 1. The smallest absolute Gasteiger partial charge is 0.407 e. The third kappa shape index (κ3) is 6.73. The number of imidazole rings is 1. The molecule has 4 aromatic rings. The quantitative estimate of drug-likeness (QED) is 0.148. The Balaban J connectivity index is 1.46. The van der Waals surface area contributed by atoms with E-state index < -0.39 is 6.09 Å². The molecule has 0 spiro atoms. The first-order valence-electron chi connectivity index (χ1n) is 12.8. The van der Waals surface area contributed by atoms with Crippen LogP contribution in [0, 0.1) is 0 Å². The van der Waals surface area contributed by atoms with Crippen molar-refractivity contribution in [1.82, 2.24) is 25.2 Å². The summed E-state index contributed by atoms with van der Waals surface area (Å²) in [6.07, 6.45) is -0.00538. The molecule has 2 heterocycles. The van der Waals surface area contributed by atoms with Crippen molar-refractivity contribution in [2.45, 2.75) is 32.9 Å². The van der Waals surface area contributed by atoms with Crippen molar-refractivity contribution in [2.24, 2.45) is 0 Å². The van der Waals surface area contributed by atoms with Gasteiger partial charge in [-0.3, -0.25) is 9.59 Å². The van der Waals surface area contributed by atoms with Crippen LogP contribution in [0.1, 0.15) is 30.3 Å². The van der Waals surface area contributed by atoms with Crippen LogP contribution in [-0.4, -0.2) is 52.8 Å². The van der Waals surface area contributed by atoms with Crippen molar-refractivity contribution in [3.8, 4) is 0 Å². The first kappa shape index (κ1) is 28.1. The lowest BCUT2D eigenvalue weighted by molar-refractivity contribution is -0.140. The molecule has 0 fully saturated rings. The topological polar surface area (TPSA) is 150 Å². The third-order valence-electron chi connectivity index (χ3n) is 6.28. The van der Waals surface area contributed by atoms with Crippen LogP contribution < -0.4 is 16.4 Å². The maximum absolute atomic E-state index is 12.0. The number of ether oxygens (including phenoxy) is 2. The normalized spacial score (nSPS) is 10.8. The molecule has 208 valence electrons. The number of alkyl carbamates (subject to hydrolysis) is 1. The summed E-state index contributed by atoms with van der Waals surface area (Å²) in [6.45, 7) is 6.18. The van der Waals surface area contributed by atoms with Crippen LogP contribution in [0.5, 0.6) is 0 Å². The van der Waals surface area contributed by atoms with E-state index in [2.05, 4.69) is 26.8 Å². The number of rotatable bonds is 11. The number of nitrogens with two attached hydrogens (primary N) is 1. The van der Waals surface area contributed by atoms with Crippen LogP contribution in [0.3, 0.4) is 0 Å². The Bertz CT molecular complexity index is 1560. The highest BCUT2D eigenvalue weighted by Gasteiger charge is 2.18. The molecular weight excluding hydrogens is 512 g/mol. The zero-order valence-corrected chi connectivity index (χ0v) is 22.5. The molecule has 11 nitrogen and oxygen atoms in total. The maximum Gasteiger partial charge on any atom is 0.407 e. The number of aromatic nitrogens is 3. The number of carbonyl (C=O) groups is 3. The number of aryl methyl sites for hydroxylation is 1.